The number of benzene rings is 1. The zero-order chi connectivity index (χ0) is 10.6. The summed E-state index contributed by atoms with van der Waals surface area (Å²) in [4.78, 5) is 0. The third-order valence-electron chi connectivity index (χ3n) is 2.75. The van der Waals surface area contributed by atoms with Gasteiger partial charge in [0.2, 0.25) is 0 Å². The number of hydrogen-bond acceptors (Lipinski definition) is 2. The van der Waals surface area contributed by atoms with E-state index in [1.807, 2.05) is 19.1 Å². The van der Waals surface area contributed by atoms with Gasteiger partial charge in [0, 0.05) is 20.1 Å². The highest BCUT2D eigenvalue weighted by atomic mass is 16.5. The minimum atomic E-state index is -0.375. The van der Waals surface area contributed by atoms with Gasteiger partial charge in [0.25, 0.3) is 0 Å². The summed E-state index contributed by atoms with van der Waals surface area (Å²) < 4.78 is 5.49. The summed E-state index contributed by atoms with van der Waals surface area (Å²) in [6, 6.07) is 8.11. The fourth-order valence-electron chi connectivity index (χ4n) is 1.73. The van der Waals surface area contributed by atoms with E-state index in [1.165, 1.54) is 5.56 Å². The molecule has 0 heterocycles. The second-order valence-electron chi connectivity index (χ2n) is 3.72. The first-order valence-corrected chi connectivity index (χ1v) is 4.86. The van der Waals surface area contributed by atoms with E-state index in [1.54, 1.807) is 7.11 Å². The van der Waals surface area contributed by atoms with Gasteiger partial charge in [-0.25, -0.2) is 0 Å². The van der Waals surface area contributed by atoms with Gasteiger partial charge in [0.05, 0.1) is 5.60 Å². The van der Waals surface area contributed by atoms with E-state index in [9.17, 15) is 0 Å². The van der Waals surface area contributed by atoms with E-state index in [0.29, 0.717) is 6.42 Å². The molecule has 1 atom stereocenters. The normalized spacial score (nSPS) is 15.1. The summed E-state index contributed by atoms with van der Waals surface area (Å²) >= 11 is 0. The van der Waals surface area contributed by atoms with Crippen molar-refractivity contribution in [1.29, 1.82) is 0 Å². The predicted molar refractivity (Wildman–Crippen MR) is 57.2 cm³/mol. The van der Waals surface area contributed by atoms with Crippen molar-refractivity contribution in [2.24, 2.45) is 0 Å². The molecule has 0 spiro atoms. The van der Waals surface area contributed by atoms with Crippen LogP contribution in [0.25, 0.3) is 0 Å². The second-order valence-corrected chi connectivity index (χ2v) is 3.72. The molecule has 1 rings (SSSR count). The summed E-state index contributed by atoms with van der Waals surface area (Å²) in [5.74, 6) is 0. The minimum Gasteiger partial charge on any atom is -0.396 e. The lowest BCUT2D eigenvalue weighted by Gasteiger charge is -2.29. The van der Waals surface area contributed by atoms with Crippen molar-refractivity contribution in [3.8, 4) is 0 Å². The quantitative estimate of drug-likeness (QED) is 0.796. The van der Waals surface area contributed by atoms with E-state index in [0.717, 1.165) is 5.56 Å². The molecule has 1 aromatic rings. The molecule has 0 aliphatic rings. The molecule has 1 N–H and O–H groups in total. The lowest BCUT2D eigenvalue weighted by Crippen LogP contribution is -2.26. The van der Waals surface area contributed by atoms with Gasteiger partial charge < -0.3 is 9.84 Å². The largest absolute Gasteiger partial charge is 0.396 e. The van der Waals surface area contributed by atoms with Crippen LogP contribution in [0.3, 0.4) is 0 Å². The van der Waals surface area contributed by atoms with Gasteiger partial charge in [0.1, 0.15) is 0 Å². The van der Waals surface area contributed by atoms with Gasteiger partial charge in [-0.15, -0.1) is 0 Å². The molecule has 2 heteroatoms. The van der Waals surface area contributed by atoms with Crippen LogP contribution >= 0.6 is 0 Å². The highest BCUT2D eigenvalue weighted by molar-refractivity contribution is 5.30. The van der Waals surface area contributed by atoms with Crippen molar-refractivity contribution in [3.63, 3.8) is 0 Å². The molecule has 78 valence electrons. The first-order valence-electron chi connectivity index (χ1n) is 4.86. The van der Waals surface area contributed by atoms with Crippen LogP contribution in [0.2, 0.25) is 0 Å². The Bertz CT molecular complexity index is 296. The predicted octanol–water partition coefficient (Wildman–Crippen LogP) is 2.24. The van der Waals surface area contributed by atoms with Crippen molar-refractivity contribution in [3.05, 3.63) is 35.4 Å². The smallest absolute Gasteiger partial charge is 0.0923 e. The monoisotopic (exact) mass is 194 g/mol. The maximum atomic E-state index is 9.01. The summed E-state index contributed by atoms with van der Waals surface area (Å²) in [5.41, 5.74) is 1.97. The summed E-state index contributed by atoms with van der Waals surface area (Å²) in [6.07, 6.45) is 0.619. The molecule has 14 heavy (non-hydrogen) atoms. The summed E-state index contributed by atoms with van der Waals surface area (Å²) in [6.45, 7) is 4.20. The van der Waals surface area contributed by atoms with Crippen molar-refractivity contribution >= 4 is 0 Å². The van der Waals surface area contributed by atoms with Crippen molar-refractivity contribution < 1.29 is 9.84 Å². The minimum absolute atomic E-state index is 0.138. The molecular formula is C12H18O2. The number of aliphatic hydroxyl groups excluding tert-OH is 1. The molecule has 1 unspecified atom stereocenters. The Labute approximate surface area is 85.5 Å². The van der Waals surface area contributed by atoms with Crippen LogP contribution in [0.4, 0.5) is 0 Å². The molecule has 0 aliphatic heterocycles. The van der Waals surface area contributed by atoms with E-state index in [-0.39, 0.29) is 12.2 Å². The van der Waals surface area contributed by atoms with Crippen LogP contribution in [0.5, 0.6) is 0 Å². The Morgan fingerprint density at radius 1 is 1.36 bits per heavy atom. The molecule has 2 nitrogen and oxygen atoms in total. The Hall–Kier alpha value is -0.860. The Kier molecular flexibility index (Phi) is 3.67. The third kappa shape index (κ3) is 2.14. The molecular weight excluding hydrogens is 176 g/mol. The van der Waals surface area contributed by atoms with Crippen LogP contribution < -0.4 is 0 Å². The lowest BCUT2D eigenvalue weighted by atomic mass is 9.89. The zero-order valence-corrected chi connectivity index (χ0v) is 9.08. The van der Waals surface area contributed by atoms with E-state index in [2.05, 4.69) is 19.1 Å². The van der Waals surface area contributed by atoms with Crippen LogP contribution in [0, 0.1) is 6.92 Å². The topological polar surface area (TPSA) is 29.5 Å². The second kappa shape index (κ2) is 4.58. The lowest BCUT2D eigenvalue weighted by molar-refractivity contribution is -0.0178. The van der Waals surface area contributed by atoms with Gasteiger partial charge in [-0.05, 0) is 25.0 Å². The van der Waals surface area contributed by atoms with E-state index >= 15 is 0 Å². The number of rotatable bonds is 4. The standard InChI is InChI=1S/C12H18O2/c1-10-6-4-5-7-11(10)12(2,14-3)8-9-13/h4-7,13H,8-9H2,1-3H3. The zero-order valence-electron chi connectivity index (χ0n) is 9.08. The van der Waals surface area contributed by atoms with Gasteiger partial charge in [-0.2, -0.15) is 0 Å². The fraction of sp³-hybridized carbons (Fsp3) is 0.500. The first-order chi connectivity index (χ1) is 6.64. The Morgan fingerprint density at radius 2 is 2.00 bits per heavy atom. The molecule has 0 aromatic heterocycles. The Balaban J connectivity index is 3.05. The van der Waals surface area contributed by atoms with Crippen LogP contribution in [0.1, 0.15) is 24.5 Å². The average Bonchev–Trinajstić information content (AvgIpc) is 2.18. The van der Waals surface area contributed by atoms with Crippen LogP contribution in [-0.2, 0) is 10.3 Å². The molecule has 0 saturated heterocycles. The van der Waals surface area contributed by atoms with Crippen molar-refractivity contribution in [2.75, 3.05) is 13.7 Å². The number of methoxy groups -OCH3 is 1. The number of aryl methyl sites for hydroxylation is 1. The Morgan fingerprint density at radius 3 is 2.50 bits per heavy atom. The van der Waals surface area contributed by atoms with E-state index in [4.69, 9.17) is 9.84 Å². The number of ether oxygens (including phenoxy) is 1. The van der Waals surface area contributed by atoms with Gasteiger partial charge in [-0.3, -0.25) is 0 Å². The molecule has 0 saturated carbocycles. The highest BCUT2D eigenvalue weighted by Gasteiger charge is 2.26. The maximum Gasteiger partial charge on any atom is 0.0923 e. The molecule has 1 aromatic carbocycles. The number of aliphatic hydroxyl groups is 1. The molecule has 0 bridgehead atoms. The molecule has 0 fully saturated rings. The first kappa shape index (κ1) is 11.2. The molecule has 0 aliphatic carbocycles. The van der Waals surface area contributed by atoms with Gasteiger partial charge in [0.15, 0.2) is 0 Å². The van der Waals surface area contributed by atoms with Gasteiger partial charge in [-0.1, -0.05) is 24.3 Å². The SMILES string of the molecule is COC(C)(CCO)c1ccccc1C. The van der Waals surface area contributed by atoms with Crippen molar-refractivity contribution in [1.82, 2.24) is 0 Å². The molecule has 0 amide bonds. The highest BCUT2D eigenvalue weighted by Crippen LogP contribution is 2.30. The fourth-order valence-corrected chi connectivity index (χ4v) is 1.73. The molecule has 0 radical (unpaired) electrons. The number of hydrogen-bond donors (Lipinski definition) is 1. The summed E-state index contributed by atoms with van der Waals surface area (Å²) in [7, 11) is 1.68. The van der Waals surface area contributed by atoms with Crippen molar-refractivity contribution in [2.45, 2.75) is 25.9 Å². The van der Waals surface area contributed by atoms with Crippen LogP contribution in [-0.4, -0.2) is 18.8 Å². The maximum absolute atomic E-state index is 9.01. The summed E-state index contributed by atoms with van der Waals surface area (Å²) in [5, 5.41) is 9.01. The third-order valence-corrected chi connectivity index (χ3v) is 2.75. The van der Waals surface area contributed by atoms with Gasteiger partial charge >= 0.3 is 0 Å². The van der Waals surface area contributed by atoms with E-state index < -0.39 is 0 Å². The van der Waals surface area contributed by atoms with Crippen LogP contribution in [0.15, 0.2) is 24.3 Å². The average molecular weight is 194 g/mol.